The van der Waals surface area contributed by atoms with Gasteiger partial charge in [-0.15, -0.1) is 0 Å². The Morgan fingerprint density at radius 3 is 2.40 bits per heavy atom. The van der Waals surface area contributed by atoms with Gasteiger partial charge in [-0.05, 0) is 36.3 Å². The maximum atomic E-state index is 12.6. The highest BCUT2D eigenvalue weighted by Crippen LogP contribution is 2.35. The van der Waals surface area contributed by atoms with Crippen LogP contribution in [0.1, 0.15) is 36.4 Å². The Kier molecular flexibility index (Phi) is 5.74. The minimum absolute atomic E-state index is 0.143. The molecule has 0 radical (unpaired) electrons. The number of benzene rings is 2. The smallest absolute Gasteiger partial charge is 0.308 e. The summed E-state index contributed by atoms with van der Waals surface area (Å²) in [6.07, 6.45) is 1.67. The molecule has 0 aliphatic carbocycles. The summed E-state index contributed by atoms with van der Waals surface area (Å²) in [5, 5.41) is 3.98. The first-order valence-electron chi connectivity index (χ1n) is 8.58. The van der Waals surface area contributed by atoms with Crippen molar-refractivity contribution in [2.24, 2.45) is 5.73 Å². The Bertz CT molecular complexity index is 697. The van der Waals surface area contributed by atoms with Crippen molar-refractivity contribution >= 4 is 17.6 Å². The second-order valence-corrected chi connectivity index (χ2v) is 6.88. The van der Waals surface area contributed by atoms with Crippen molar-refractivity contribution in [3.63, 3.8) is 0 Å². The fraction of sp³-hybridized carbons (Fsp3) is 0.350. The van der Waals surface area contributed by atoms with Gasteiger partial charge in [0, 0.05) is 23.9 Å². The topological polar surface area (TPSA) is 64.4 Å². The molecule has 3 rings (SSSR count). The largest absolute Gasteiger partial charge is 0.454 e. The number of halogens is 1. The summed E-state index contributed by atoms with van der Waals surface area (Å²) >= 11 is 5.90. The molecule has 132 valence electrons. The minimum atomic E-state index is -0.566. The van der Waals surface area contributed by atoms with Crippen LogP contribution in [-0.4, -0.2) is 19.1 Å². The summed E-state index contributed by atoms with van der Waals surface area (Å²) in [5.41, 5.74) is 7.53. The molecule has 3 N–H and O–H groups in total. The predicted molar refractivity (Wildman–Crippen MR) is 99.3 cm³/mol. The van der Waals surface area contributed by atoms with E-state index in [2.05, 4.69) is 5.32 Å². The van der Waals surface area contributed by atoms with Gasteiger partial charge < -0.3 is 15.8 Å². The van der Waals surface area contributed by atoms with Crippen LogP contribution in [0.4, 0.5) is 0 Å². The normalized spacial score (nSPS) is 17.7. The van der Waals surface area contributed by atoms with Crippen LogP contribution in [0.5, 0.6) is 0 Å². The zero-order chi connectivity index (χ0) is 17.7. The van der Waals surface area contributed by atoms with Gasteiger partial charge in [-0.2, -0.15) is 0 Å². The monoisotopic (exact) mass is 358 g/mol. The number of carbonyl (C=O) groups is 1. The standard InChI is InChI=1S/C20H23ClN2O2/c21-17-8-6-15(7-9-17)18(22)14-19(24)25-20(10-12-23-13-11-20)16-4-2-1-3-5-16/h1-9,18,23H,10-14,22H2. The first kappa shape index (κ1) is 17.9. The third-order valence-corrected chi connectivity index (χ3v) is 4.96. The second kappa shape index (κ2) is 8.00. The molecule has 1 aliphatic heterocycles. The number of carbonyl (C=O) groups excluding carboxylic acids is 1. The van der Waals surface area contributed by atoms with Gasteiger partial charge in [-0.1, -0.05) is 54.1 Å². The lowest BCUT2D eigenvalue weighted by Crippen LogP contribution is -2.43. The average Bonchev–Trinajstić information content (AvgIpc) is 2.63. The highest BCUT2D eigenvalue weighted by Gasteiger charge is 2.37. The number of piperidine rings is 1. The molecule has 2 aromatic rings. The quantitative estimate of drug-likeness (QED) is 0.802. The number of nitrogens with two attached hydrogens (primary N) is 1. The first-order chi connectivity index (χ1) is 12.1. The molecule has 0 bridgehead atoms. The van der Waals surface area contributed by atoms with Gasteiger partial charge in [0.1, 0.15) is 5.60 Å². The Labute approximate surface area is 153 Å². The van der Waals surface area contributed by atoms with Crippen LogP contribution in [0, 0.1) is 0 Å². The molecule has 1 saturated heterocycles. The van der Waals surface area contributed by atoms with Crippen LogP contribution < -0.4 is 11.1 Å². The van der Waals surface area contributed by atoms with Crippen molar-refractivity contribution in [1.29, 1.82) is 0 Å². The number of rotatable bonds is 5. The van der Waals surface area contributed by atoms with Crippen molar-refractivity contribution < 1.29 is 9.53 Å². The third-order valence-electron chi connectivity index (χ3n) is 4.71. The molecule has 1 aliphatic rings. The Hall–Kier alpha value is -1.88. The molecule has 0 amide bonds. The predicted octanol–water partition coefficient (Wildman–Crippen LogP) is 3.55. The second-order valence-electron chi connectivity index (χ2n) is 6.45. The number of hydrogen-bond donors (Lipinski definition) is 2. The molecule has 4 nitrogen and oxygen atoms in total. The van der Waals surface area contributed by atoms with E-state index in [1.165, 1.54) is 0 Å². The maximum Gasteiger partial charge on any atom is 0.308 e. The molecule has 1 heterocycles. The Morgan fingerprint density at radius 2 is 1.76 bits per heavy atom. The molecular weight excluding hydrogens is 336 g/mol. The fourth-order valence-electron chi connectivity index (χ4n) is 3.29. The lowest BCUT2D eigenvalue weighted by molar-refractivity contribution is -0.164. The number of nitrogens with one attached hydrogen (secondary N) is 1. The lowest BCUT2D eigenvalue weighted by Gasteiger charge is -2.37. The van der Waals surface area contributed by atoms with E-state index >= 15 is 0 Å². The van der Waals surface area contributed by atoms with Gasteiger partial charge in [0.2, 0.25) is 0 Å². The molecule has 0 spiro atoms. The summed E-state index contributed by atoms with van der Waals surface area (Å²) in [6.45, 7) is 1.65. The molecular formula is C20H23ClN2O2. The summed E-state index contributed by atoms with van der Waals surface area (Å²) in [5.74, 6) is -0.270. The van der Waals surface area contributed by atoms with Crippen LogP contribution in [0.3, 0.4) is 0 Å². The van der Waals surface area contributed by atoms with E-state index in [1.807, 2.05) is 42.5 Å². The molecule has 0 aromatic heterocycles. The van der Waals surface area contributed by atoms with Crippen molar-refractivity contribution in [2.75, 3.05) is 13.1 Å². The molecule has 1 atom stereocenters. The highest BCUT2D eigenvalue weighted by atomic mass is 35.5. The SMILES string of the molecule is NC(CC(=O)OC1(c2ccccc2)CCNCC1)c1ccc(Cl)cc1. The van der Waals surface area contributed by atoms with Gasteiger partial charge in [-0.3, -0.25) is 4.79 Å². The van der Waals surface area contributed by atoms with Gasteiger partial charge >= 0.3 is 5.97 Å². The van der Waals surface area contributed by atoms with Crippen molar-refractivity contribution in [3.8, 4) is 0 Å². The van der Waals surface area contributed by atoms with Crippen LogP contribution in [0.2, 0.25) is 5.02 Å². The highest BCUT2D eigenvalue weighted by molar-refractivity contribution is 6.30. The third kappa shape index (κ3) is 4.40. The van der Waals surface area contributed by atoms with Crippen molar-refractivity contribution in [1.82, 2.24) is 5.32 Å². The van der Waals surface area contributed by atoms with E-state index in [4.69, 9.17) is 22.1 Å². The molecule has 25 heavy (non-hydrogen) atoms. The van der Waals surface area contributed by atoms with Gasteiger partial charge in [0.05, 0.1) is 6.42 Å². The van der Waals surface area contributed by atoms with E-state index in [0.717, 1.165) is 37.1 Å². The van der Waals surface area contributed by atoms with Crippen LogP contribution in [-0.2, 0) is 15.1 Å². The fourth-order valence-corrected chi connectivity index (χ4v) is 3.42. The number of ether oxygens (including phenoxy) is 1. The molecule has 5 heteroatoms. The number of esters is 1. The van der Waals surface area contributed by atoms with Crippen LogP contribution >= 0.6 is 11.6 Å². The molecule has 0 saturated carbocycles. The van der Waals surface area contributed by atoms with E-state index in [0.29, 0.717) is 5.02 Å². The van der Waals surface area contributed by atoms with Crippen LogP contribution in [0.25, 0.3) is 0 Å². The summed E-state index contributed by atoms with van der Waals surface area (Å²) < 4.78 is 6.00. The Morgan fingerprint density at radius 1 is 1.12 bits per heavy atom. The Balaban J connectivity index is 1.71. The summed E-state index contributed by atoms with van der Waals surface area (Å²) in [4.78, 5) is 12.6. The van der Waals surface area contributed by atoms with Crippen molar-refractivity contribution in [3.05, 3.63) is 70.7 Å². The van der Waals surface area contributed by atoms with Gasteiger partial charge in [-0.25, -0.2) is 0 Å². The van der Waals surface area contributed by atoms with Gasteiger partial charge in [0.25, 0.3) is 0 Å². The van der Waals surface area contributed by atoms with E-state index in [9.17, 15) is 4.79 Å². The average molecular weight is 359 g/mol. The van der Waals surface area contributed by atoms with Gasteiger partial charge in [0.15, 0.2) is 0 Å². The molecule has 2 aromatic carbocycles. The van der Waals surface area contributed by atoms with E-state index in [-0.39, 0.29) is 12.4 Å². The molecule has 1 unspecified atom stereocenters. The van der Waals surface area contributed by atoms with E-state index in [1.54, 1.807) is 12.1 Å². The zero-order valence-corrected chi connectivity index (χ0v) is 14.8. The van der Waals surface area contributed by atoms with Crippen molar-refractivity contribution in [2.45, 2.75) is 30.9 Å². The first-order valence-corrected chi connectivity index (χ1v) is 8.96. The lowest BCUT2D eigenvalue weighted by atomic mass is 9.84. The number of hydrogen-bond acceptors (Lipinski definition) is 4. The zero-order valence-electron chi connectivity index (χ0n) is 14.1. The minimum Gasteiger partial charge on any atom is -0.454 e. The van der Waals surface area contributed by atoms with E-state index < -0.39 is 11.6 Å². The van der Waals surface area contributed by atoms with Crippen LogP contribution in [0.15, 0.2) is 54.6 Å². The maximum absolute atomic E-state index is 12.6. The summed E-state index contributed by atoms with van der Waals surface area (Å²) in [7, 11) is 0. The molecule has 1 fully saturated rings. The summed E-state index contributed by atoms with van der Waals surface area (Å²) in [6, 6.07) is 16.8.